The number of anilines is 1. The van der Waals surface area contributed by atoms with Gasteiger partial charge in [0.15, 0.2) is 0 Å². The molecular formula is C32H40FN3O4S. The molecule has 0 heterocycles. The van der Waals surface area contributed by atoms with Crippen LogP contribution in [0.3, 0.4) is 0 Å². The van der Waals surface area contributed by atoms with Crippen molar-refractivity contribution in [1.82, 2.24) is 10.2 Å². The van der Waals surface area contributed by atoms with Crippen molar-refractivity contribution in [2.24, 2.45) is 0 Å². The van der Waals surface area contributed by atoms with Gasteiger partial charge in [0, 0.05) is 37.5 Å². The quantitative estimate of drug-likeness (QED) is 0.282. The van der Waals surface area contributed by atoms with E-state index in [-0.39, 0.29) is 50.2 Å². The van der Waals surface area contributed by atoms with Crippen LogP contribution in [0.4, 0.5) is 10.1 Å². The van der Waals surface area contributed by atoms with Crippen LogP contribution >= 0.6 is 0 Å². The molecule has 0 fully saturated rings. The Morgan fingerprint density at radius 2 is 1.66 bits per heavy atom. The molecule has 7 nitrogen and oxygen atoms in total. The highest BCUT2D eigenvalue weighted by atomic mass is 32.2. The highest BCUT2D eigenvalue weighted by molar-refractivity contribution is 7.92. The van der Waals surface area contributed by atoms with Gasteiger partial charge in [0.05, 0.1) is 11.9 Å². The van der Waals surface area contributed by atoms with Gasteiger partial charge in [0.2, 0.25) is 21.8 Å². The Balaban J connectivity index is 1.90. The summed E-state index contributed by atoms with van der Waals surface area (Å²) in [7, 11) is -3.60. The van der Waals surface area contributed by atoms with Crippen molar-refractivity contribution >= 4 is 27.5 Å². The number of halogens is 1. The van der Waals surface area contributed by atoms with E-state index >= 15 is 0 Å². The molecule has 0 spiro atoms. The zero-order valence-corrected chi connectivity index (χ0v) is 25.0. The van der Waals surface area contributed by atoms with Crippen molar-refractivity contribution in [3.63, 3.8) is 0 Å². The van der Waals surface area contributed by atoms with Crippen LogP contribution in [0.5, 0.6) is 0 Å². The molecule has 0 aliphatic carbocycles. The number of hydrogen-bond acceptors (Lipinski definition) is 4. The summed E-state index contributed by atoms with van der Waals surface area (Å²) >= 11 is 0. The normalized spacial score (nSPS) is 12.8. The maximum Gasteiger partial charge on any atom is 0.243 e. The number of nitrogens with one attached hydrogen (secondary N) is 1. The maximum atomic E-state index is 14.8. The lowest BCUT2D eigenvalue weighted by molar-refractivity contribution is -0.141. The Bertz CT molecular complexity index is 1420. The third-order valence-corrected chi connectivity index (χ3v) is 8.21. The molecular weight excluding hydrogens is 541 g/mol. The summed E-state index contributed by atoms with van der Waals surface area (Å²) in [5.41, 5.74) is 2.61. The van der Waals surface area contributed by atoms with Crippen molar-refractivity contribution in [2.75, 3.05) is 17.1 Å². The van der Waals surface area contributed by atoms with E-state index in [2.05, 4.69) is 5.32 Å². The van der Waals surface area contributed by atoms with Gasteiger partial charge in [-0.15, -0.1) is 0 Å². The van der Waals surface area contributed by atoms with Gasteiger partial charge in [-0.2, -0.15) is 0 Å². The molecule has 9 heteroatoms. The molecule has 41 heavy (non-hydrogen) atoms. The van der Waals surface area contributed by atoms with Crippen molar-refractivity contribution in [3.05, 3.63) is 101 Å². The monoisotopic (exact) mass is 581 g/mol. The van der Waals surface area contributed by atoms with Crippen LogP contribution in [0.2, 0.25) is 0 Å². The number of sulfonamides is 1. The van der Waals surface area contributed by atoms with Crippen LogP contribution in [-0.2, 0) is 32.6 Å². The number of amides is 2. The number of hydrogen-bond donors (Lipinski definition) is 1. The number of rotatable bonds is 14. The number of nitrogens with zero attached hydrogens (tertiary/aromatic N) is 2. The highest BCUT2D eigenvalue weighted by Crippen LogP contribution is 2.22. The predicted octanol–water partition coefficient (Wildman–Crippen LogP) is 5.24. The molecule has 220 valence electrons. The molecule has 0 saturated carbocycles. The Kier molecular flexibility index (Phi) is 11.5. The van der Waals surface area contributed by atoms with Crippen LogP contribution in [0, 0.1) is 12.7 Å². The number of carbonyl (C=O) groups excluding carboxylic acids is 2. The van der Waals surface area contributed by atoms with Gasteiger partial charge in [0.25, 0.3) is 0 Å². The van der Waals surface area contributed by atoms with Crippen LogP contribution in [0.25, 0.3) is 0 Å². The Morgan fingerprint density at radius 1 is 0.976 bits per heavy atom. The first-order chi connectivity index (χ1) is 19.5. The fraction of sp³-hybridized carbons (Fsp3) is 0.375. The topological polar surface area (TPSA) is 86.8 Å². The van der Waals surface area contributed by atoms with Gasteiger partial charge in [-0.3, -0.25) is 13.9 Å². The van der Waals surface area contributed by atoms with E-state index in [1.807, 2.05) is 57.2 Å². The van der Waals surface area contributed by atoms with Crippen molar-refractivity contribution in [2.45, 2.75) is 65.1 Å². The fourth-order valence-corrected chi connectivity index (χ4v) is 5.55. The summed E-state index contributed by atoms with van der Waals surface area (Å²) in [4.78, 5) is 28.8. The zero-order chi connectivity index (χ0) is 30.0. The molecule has 3 aromatic carbocycles. The van der Waals surface area contributed by atoms with E-state index in [4.69, 9.17) is 0 Å². The van der Waals surface area contributed by atoms with E-state index in [1.165, 1.54) is 15.3 Å². The number of aryl methyl sites for hydroxylation is 1. The van der Waals surface area contributed by atoms with Gasteiger partial charge >= 0.3 is 0 Å². The predicted molar refractivity (Wildman–Crippen MR) is 161 cm³/mol. The lowest BCUT2D eigenvalue weighted by Gasteiger charge is -2.33. The largest absolute Gasteiger partial charge is 0.352 e. The molecule has 0 unspecified atom stereocenters. The molecule has 2 amide bonds. The molecule has 0 aromatic heterocycles. The van der Waals surface area contributed by atoms with E-state index in [9.17, 15) is 22.4 Å². The maximum absolute atomic E-state index is 14.8. The summed E-state index contributed by atoms with van der Waals surface area (Å²) in [6.45, 7) is 5.73. The second-order valence-electron chi connectivity index (χ2n) is 10.4. The van der Waals surface area contributed by atoms with Crippen molar-refractivity contribution < 1.29 is 22.4 Å². The minimum absolute atomic E-state index is 0.0197. The van der Waals surface area contributed by atoms with E-state index in [0.717, 1.165) is 17.4 Å². The van der Waals surface area contributed by atoms with Crippen LogP contribution in [0.15, 0.2) is 78.9 Å². The molecule has 3 rings (SSSR count). The first kappa shape index (κ1) is 31.8. The number of benzene rings is 3. The molecule has 0 aliphatic heterocycles. The minimum atomic E-state index is -3.60. The van der Waals surface area contributed by atoms with Gasteiger partial charge < -0.3 is 10.2 Å². The third kappa shape index (κ3) is 9.42. The van der Waals surface area contributed by atoms with Gasteiger partial charge in [-0.25, -0.2) is 12.8 Å². The molecule has 0 radical (unpaired) electrons. The van der Waals surface area contributed by atoms with Gasteiger partial charge in [-0.05, 0) is 56.0 Å². The average molecular weight is 582 g/mol. The van der Waals surface area contributed by atoms with E-state index in [1.54, 1.807) is 36.4 Å². The Labute approximate surface area is 243 Å². The Hall–Kier alpha value is -3.72. The molecule has 0 saturated heterocycles. The molecule has 2 atom stereocenters. The van der Waals surface area contributed by atoms with Crippen LogP contribution in [0.1, 0.15) is 49.8 Å². The summed E-state index contributed by atoms with van der Waals surface area (Å²) < 4.78 is 41.2. The van der Waals surface area contributed by atoms with E-state index in [0.29, 0.717) is 17.7 Å². The van der Waals surface area contributed by atoms with Crippen molar-refractivity contribution in [1.29, 1.82) is 0 Å². The highest BCUT2D eigenvalue weighted by Gasteiger charge is 2.31. The third-order valence-electron chi connectivity index (χ3n) is 7.01. The first-order valence-electron chi connectivity index (χ1n) is 13.9. The molecule has 0 bridgehead atoms. The average Bonchev–Trinajstić information content (AvgIpc) is 2.93. The lowest BCUT2D eigenvalue weighted by Crippen LogP contribution is -2.52. The summed E-state index contributed by atoms with van der Waals surface area (Å²) in [5.74, 6) is -1.13. The standard InChI is InChI=1S/C32H40FN3O4S/c1-5-25(3)34-32(38)30(22-26-14-7-6-8-15-26)35(23-27-16-9-10-18-29(27)33)31(37)19-12-20-36(41(4,39)40)28-17-11-13-24(2)21-28/h6-11,13-18,21,25,30H,5,12,19-20,22-23H2,1-4H3,(H,34,38)/t25-,30-/m0/s1. The van der Waals surface area contributed by atoms with E-state index < -0.39 is 21.9 Å². The zero-order valence-electron chi connectivity index (χ0n) is 24.2. The van der Waals surface area contributed by atoms with Crippen LogP contribution in [-0.4, -0.2) is 50.0 Å². The number of carbonyl (C=O) groups is 2. The molecule has 3 aromatic rings. The molecule has 1 N–H and O–H groups in total. The SMILES string of the molecule is CC[C@H](C)NC(=O)[C@H](Cc1ccccc1)N(Cc1ccccc1F)C(=O)CCCN(c1cccc(C)c1)S(C)(=O)=O. The lowest BCUT2D eigenvalue weighted by atomic mass is 10.0. The van der Waals surface area contributed by atoms with Gasteiger partial charge in [-0.1, -0.05) is 67.6 Å². The van der Waals surface area contributed by atoms with Gasteiger partial charge in [0.1, 0.15) is 11.9 Å². The summed E-state index contributed by atoms with van der Waals surface area (Å²) in [5, 5.41) is 2.99. The fourth-order valence-electron chi connectivity index (χ4n) is 4.59. The minimum Gasteiger partial charge on any atom is -0.352 e. The van der Waals surface area contributed by atoms with Crippen LogP contribution < -0.4 is 9.62 Å². The second-order valence-corrected chi connectivity index (χ2v) is 12.3. The summed E-state index contributed by atoms with van der Waals surface area (Å²) in [6.07, 6.45) is 2.30. The Morgan fingerprint density at radius 3 is 2.29 bits per heavy atom. The summed E-state index contributed by atoms with van der Waals surface area (Å²) in [6, 6.07) is 21.8. The smallest absolute Gasteiger partial charge is 0.243 e. The first-order valence-corrected chi connectivity index (χ1v) is 15.8. The second kappa shape index (κ2) is 14.8. The molecule has 0 aliphatic rings. The van der Waals surface area contributed by atoms with Crippen molar-refractivity contribution in [3.8, 4) is 0 Å².